The minimum absolute atomic E-state index is 0.0210. The van der Waals surface area contributed by atoms with Crippen LogP contribution in [0.4, 0.5) is 0 Å². The molecule has 5 atom stereocenters. The fraction of sp³-hybridized carbons (Fsp3) is 0.286. The minimum atomic E-state index is -1.58. The number of hydrogen-bond donors (Lipinski definition) is 6. The van der Waals surface area contributed by atoms with Gasteiger partial charge in [0.25, 0.3) is 0 Å². The monoisotopic (exact) mass is 432 g/mol. The van der Waals surface area contributed by atoms with Gasteiger partial charge in [-0.25, -0.2) is 0 Å². The van der Waals surface area contributed by atoms with Gasteiger partial charge in [0.15, 0.2) is 5.76 Å². The number of fused-ring (bicyclic) bond motifs is 1. The summed E-state index contributed by atoms with van der Waals surface area (Å²) in [6, 6.07) is 7.87. The van der Waals surface area contributed by atoms with Crippen LogP contribution >= 0.6 is 0 Å². The summed E-state index contributed by atoms with van der Waals surface area (Å²) in [5, 5.41) is 59.6. The maximum Gasteiger partial charge on any atom is 0.238 e. The average Bonchev–Trinajstić information content (AvgIpc) is 2.73. The number of aliphatic hydroxyl groups is 3. The van der Waals surface area contributed by atoms with E-state index >= 15 is 0 Å². The number of aromatic hydroxyl groups is 3. The molecule has 4 rings (SSSR count). The summed E-state index contributed by atoms with van der Waals surface area (Å²) in [4.78, 5) is 12.6. The van der Waals surface area contributed by atoms with Crippen molar-refractivity contribution in [3.8, 4) is 34.3 Å². The first kappa shape index (κ1) is 20.9. The quantitative estimate of drug-likeness (QED) is 0.348. The molecule has 1 aliphatic heterocycles. The van der Waals surface area contributed by atoms with Crippen LogP contribution in [0.15, 0.2) is 45.6 Å². The van der Waals surface area contributed by atoms with E-state index in [1.807, 2.05) is 0 Å². The lowest BCUT2D eigenvalue weighted by Gasteiger charge is -2.38. The molecule has 31 heavy (non-hydrogen) atoms. The highest BCUT2D eigenvalue weighted by Gasteiger charge is 2.43. The highest BCUT2D eigenvalue weighted by molar-refractivity contribution is 5.88. The van der Waals surface area contributed by atoms with Crippen molar-refractivity contribution in [1.29, 1.82) is 0 Å². The second-order valence-corrected chi connectivity index (χ2v) is 7.27. The Bertz CT molecular complexity index is 1170. The molecule has 0 amide bonds. The molecule has 1 aromatic heterocycles. The van der Waals surface area contributed by atoms with Gasteiger partial charge < -0.3 is 44.5 Å². The van der Waals surface area contributed by atoms with Crippen molar-refractivity contribution in [2.75, 3.05) is 0 Å². The predicted octanol–water partition coefficient (Wildman–Crippen LogP) is 0.783. The van der Waals surface area contributed by atoms with Crippen molar-refractivity contribution < 1.29 is 44.5 Å². The third kappa shape index (κ3) is 3.66. The van der Waals surface area contributed by atoms with Gasteiger partial charge in [0.2, 0.25) is 17.5 Å². The Balaban J connectivity index is 1.76. The number of aliphatic hydroxyl groups excluding tert-OH is 3. The average molecular weight is 432 g/mol. The van der Waals surface area contributed by atoms with Gasteiger partial charge >= 0.3 is 0 Å². The Morgan fingerprint density at radius 2 is 1.61 bits per heavy atom. The number of benzene rings is 2. The first-order valence-corrected chi connectivity index (χ1v) is 9.36. The van der Waals surface area contributed by atoms with E-state index in [-0.39, 0.29) is 28.2 Å². The van der Waals surface area contributed by atoms with Crippen molar-refractivity contribution in [3.63, 3.8) is 0 Å². The molecule has 0 saturated carbocycles. The third-order valence-electron chi connectivity index (χ3n) is 5.11. The molecular formula is C21H20O10. The second-order valence-electron chi connectivity index (χ2n) is 7.27. The van der Waals surface area contributed by atoms with E-state index in [1.54, 1.807) is 0 Å². The third-order valence-corrected chi connectivity index (χ3v) is 5.11. The van der Waals surface area contributed by atoms with Crippen LogP contribution in [-0.2, 0) is 4.74 Å². The van der Waals surface area contributed by atoms with E-state index in [4.69, 9.17) is 13.9 Å². The summed E-state index contributed by atoms with van der Waals surface area (Å²) in [5.41, 5.74) is -0.702. The predicted molar refractivity (Wildman–Crippen MR) is 106 cm³/mol. The van der Waals surface area contributed by atoms with Crippen molar-refractivity contribution >= 4 is 11.0 Å². The zero-order chi connectivity index (χ0) is 22.4. The molecule has 1 aliphatic rings. The molecule has 1 saturated heterocycles. The van der Waals surface area contributed by atoms with Gasteiger partial charge in [-0.15, -0.1) is 0 Å². The van der Waals surface area contributed by atoms with Crippen LogP contribution in [0.1, 0.15) is 6.92 Å². The largest absolute Gasteiger partial charge is 0.508 e. The van der Waals surface area contributed by atoms with Gasteiger partial charge in [0.05, 0.1) is 6.10 Å². The van der Waals surface area contributed by atoms with Gasteiger partial charge in [-0.2, -0.15) is 0 Å². The Kier molecular flexibility index (Phi) is 5.23. The van der Waals surface area contributed by atoms with E-state index in [1.165, 1.54) is 37.3 Å². The van der Waals surface area contributed by atoms with Gasteiger partial charge in [0.1, 0.15) is 46.5 Å². The van der Waals surface area contributed by atoms with E-state index in [2.05, 4.69) is 0 Å². The van der Waals surface area contributed by atoms with Crippen molar-refractivity contribution in [1.82, 2.24) is 0 Å². The lowest BCUT2D eigenvalue weighted by Crippen LogP contribution is -2.58. The van der Waals surface area contributed by atoms with Crippen molar-refractivity contribution in [3.05, 3.63) is 46.6 Å². The summed E-state index contributed by atoms with van der Waals surface area (Å²) < 4.78 is 16.5. The van der Waals surface area contributed by atoms with E-state index in [0.717, 1.165) is 6.07 Å². The smallest absolute Gasteiger partial charge is 0.238 e. The summed E-state index contributed by atoms with van der Waals surface area (Å²) in [7, 11) is 0. The number of phenolic OH excluding ortho intramolecular Hbond substituents is 2. The molecule has 10 nitrogen and oxygen atoms in total. The van der Waals surface area contributed by atoms with Gasteiger partial charge in [-0.3, -0.25) is 4.79 Å². The minimum Gasteiger partial charge on any atom is -0.508 e. The molecule has 164 valence electrons. The van der Waals surface area contributed by atoms with Gasteiger partial charge in [0, 0.05) is 17.7 Å². The van der Waals surface area contributed by atoms with Crippen LogP contribution in [0.3, 0.4) is 0 Å². The molecule has 2 aromatic carbocycles. The number of rotatable bonds is 3. The highest BCUT2D eigenvalue weighted by Crippen LogP contribution is 2.36. The molecule has 1 fully saturated rings. The first-order valence-electron chi connectivity index (χ1n) is 9.36. The molecular weight excluding hydrogens is 412 g/mol. The van der Waals surface area contributed by atoms with E-state index in [9.17, 15) is 35.4 Å². The molecule has 3 aromatic rings. The van der Waals surface area contributed by atoms with Crippen molar-refractivity contribution in [2.24, 2.45) is 0 Å². The summed E-state index contributed by atoms with van der Waals surface area (Å²) in [6.45, 7) is 1.49. The molecule has 10 heteroatoms. The van der Waals surface area contributed by atoms with Crippen molar-refractivity contribution in [2.45, 2.75) is 37.6 Å². The fourth-order valence-electron chi connectivity index (χ4n) is 3.39. The van der Waals surface area contributed by atoms with Crippen LogP contribution in [0.5, 0.6) is 23.0 Å². The van der Waals surface area contributed by atoms with Crippen LogP contribution in [0, 0.1) is 0 Å². The molecule has 0 unspecified atom stereocenters. The number of phenols is 2. The Labute approximate surface area is 174 Å². The summed E-state index contributed by atoms with van der Waals surface area (Å²) in [5.74, 6) is -1.54. The van der Waals surface area contributed by atoms with Gasteiger partial charge in [-0.05, 0) is 31.2 Å². The zero-order valence-electron chi connectivity index (χ0n) is 16.2. The lowest BCUT2D eigenvalue weighted by atomic mass is 10.00. The lowest BCUT2D eigenvalue weighted by molar-refractivity contribution is -0.268. The Morgan fingerprint density at radius 1 is 0.935 bits per heavy atom. The normalized spacial score (nSPS) is 26.1. The van der Waals surface area contributed by atoms with Crippen LogP contribution in [-0.4, -0.2) is 61.3 Å². The maximum absolute atomic E-state index is 12.6. The van der Waals surface area contributed by atoms with Crippen LogP contribution in [0.25, 0.3) is 22.3 Å². The zero-order valence-corrected chi connectivity index (χ0v) is 16.2. The summed E-state index contributed by atoms with van der Waals surface area (Å²) >= 11 is 0. The first-order chi connectivity index (χ1) is 14.7. The second kappa shape index (κ2) is 7.75. The number of hydrogen-bond acceptors (Lipinski definition) is 10. The maximum atomic E-state index is 12.6. The Hall–Kier alpha value is -3.31. The molecule has 2 heterocycles. The SMILES string of the molecule is C[C@@H]1O[C@@H](Oc2cc(O)c3c(=O)c(O)c(-c4ccc(O)cc4)oc3c2)[C@@H](O)[C@@H](O)[C@@H]1O. The highest BCUT2D eigenvalue weighted by atomic mass is 16.7. The Morgan fingerprint density at radius 3 is 2.29 bits per heavy atom. The number of ether oxygens (including phenoxy) is 2. The summed E-state index contributed by atoms with van der Waals surface area (Å²) in [6.07, 6.45) is -6.62. The molecule has 6 N–H and O–H groups in total. The topological polar surface area (TPSA) is 170 Å². The molecule has 0 spiro atoms. The molecule has 0 aliphatic carbocycles. The van der Waals surface area contributed by atoms with Crippen LogP contribution < -0.4 is 10.2 Å². The van der Waals surface area contributed by atoms with E-state index in [0.29, 0.717) is 5.56 Å². The van der Waals surface area contributed by atoms with Crippen LogP contribution in [0.2, 0.25) is 0 Å². The standard InChI is InChI=1S/C21H20O10/c1-8-15(24)17(26)19(28)21(29-8)30-11-6-12(23)14-13(7-11)31-20(18(27)16(14)25)9-2-4-10(22)5-3-9/h2-8,15,17,19,21-24,26-28H,1H3/t8-,15+,17-,19-,21-/m0/s1. The molecule has 0 bridgehead atoms. The van der Waals surface area contributed by atoms with E-state index < -0.39 is 47.6 Å². The van der Waals surface area contributed by atoms with Gasteiger partial charge in [-0.1, -0.05) is 0 Å². The molecule has 0 radical (unpaired) electrons. The fourth-order valence-corrected chi connectivity index (χ4v) is 3.39.